The Hall–Kier alpha value is -1.70. The maximum atomic E-state index is 6.36. The van der Waals surface area contributed by atoms with Gasteiger partial charge in [-0.25, -0.2) is 0 Å². The first-order valence-corrected chi connectivity index (χ1v) is 6.89. The Labute approximate surface area is 107 Å². The minimum Gasteiger partial charge on any atom is -0.339 e. The zero-order valence-electron chi connectivity index (χ0n) is 10.5. The molecule has 0 bridgehead atoms. The molecule has 0 spiro atoms. The van der Waals surface area contributed by atoms with Crippen molar-refractivity contribution in [3.05, 3.63) is 52.9 Å². The van der Waals surface area contributed by atoms with E-state index in [4.69, 9.17) is 5.84 Å². The molecule has 1 aromatic rings. The third-order valence-corrected chi connectivity index (χ3v) is 4.63. The van der Waals surface area contributed by atoms with Gasteiger partial charge < -0.3 is 5.84 Å². The fraction of sp³-hybridized carbons (Fsp3) is 0.375. The molecule has 2 nitrogen and oxygen atoms in total. The summed E-state index contributed by atoms with van der Waals surface area (Å²) in [5, 5.41) is 0. The highest BCUT2D eigenvalue weighted by molar-refractivity contribution is 5.60. The van der Waals surface area contributed by atoms with Crippen molar-refractivity contribution in [2.75, 3.05) is 5.84 Å². The molecule has 4 rings (SSSR count). The van der Waals surface area contributed by atoms with Gasteiger partial charge in [0.2, 0.25) is 0 Å². The van der Waals surface area contributed by atoms with E-state index in [-0.39, 0.29) is 0 Å². The van der Waals surface area contributed by atoms with Gasteiger partial charge in [0.15, 0.2) is 0 Å². The molecule has 0 aromatic carbocycles. The molecule has 0 saturated carbocycles. The average Bonchev–Trinajstić information content (AvgIpc) is 2.73. The lowest BCUT2D eigenvalue weighted by atomic mass is 9.75. The number of aromatic nitrogens is 1. The van der Waals surface area contributed by atoms with Crippen LogP contribution in [0.2, 0.25) is 0 Å². The van der Waals surface area contributed by atoms with Gasteiger partial charge in [-0.05, 0) is 48.8 Å². The number of nitrogens with zero attached hydrogens (tertiary/aromatic N) is 1. The molecule has 92 valence electrons. The molecule has 2 N–H and O–H groups in total. The highest BCUT2D eigenvalue weighted by atomic mass is 15.3. The van der Waals surface area contributed by atoms with E-state index in [1.807, 2.05) is 4.68 Å². The van der Waals surface area contributed by atoms with Crippen LogP contribution < -0.4 is 5.84 Å². The van der Waals surface area contributed by atoms with Gasteiger partial charge in [-0.1, -0.05) is 30.4 Å². The molecular formula is C16H18N2. The molecule has 3 aliphatic rings. The molecular weight excluding hydrogens is 220 g/mol. The number of allylic oxidation sites excluding steroid dienone is 5. The van der Waals surface area contributed by atoms with Crippen LogP contribution in [-0.4, -0.2) is 4.68 Å². The predicted molar refractivity (Wildman–Crippen MR) is 74.8 cm³/mol. The van der Waals surface area contributed by atoms with Crippen LogP contribution in [-0.2, 0) is 12.8 Å². The summed E-state index contributed by atoms with van der Waals surface area (Å²) >= 11 is 0. The molecule has 18 heavy (non-hydrogen) atoms. The van der Waals surface area contributed by atoms with Gasteiger partial charge >= 0.3 is 0 Å². The van der Waals surface area contributed by atoms with Crippen molar-refractivity contribution in [2.45, 2.75) is 31.6 Å². The van der Waals surface area contributed by atoms with Gasteiger partial charge in [-0.15, -0.1) is 0 Å². The minimum atomic E-state index is 0.489. The van der Waals surface area contributed by atoms with Crippen molar-refractivity contribution >= 4 is 6.08 Å². The summed E-state index contributed by atoms with van der Waals surface area (Å²) in [6, 6.07) is 0. The smallest absolute Gasteiger partial charge is 0.0653 e. The second kappa shape index (κ2) is 3.64. The van der Waals surface area contributed by atoms with E-state index in [0.29, 0.717) is 11.8 Å². The first-order valence-electron chi connectivity index (χ1n) is 6.89. The van der Waals surface area contributed by atoms with Crippen molar-refractivity contribution in [1.82, 2.24) is 4.68 Å². The van der Waals surface area contributed by atoms with Crippen LogP contribution in [0.1, 0.15) is 41.3 Å². The Kier molecular flexibility index (Phi) is 2.07. The molecule has 3 aliphatic carbocycles. The number of fused-ring (bicyclic) bond motifs is 5. The Balaban J connectivity index is 1.93. The SMILES string of the molecule is Nn1c2c(c3c1C1C=CC=CC1CC3)CCC=C2. The number of nitrogens with two attached hydrogens (primary N) is 1. The zero-order chi connectivity index (χ0) is 12.1. The Bertz CT molecular complexity index is 587. The Morgan fingerprint density at radius 3 is 2.94 bits per heavy atom. The summed E-state index contributed by atoms with van der Waals surface area (Å²) in [7, 11) is 0. The molecule has 0 aliphatic heterocycles. The number of nitrogen functional groups attached to an aromatic ring is 1. The summed E-state index contributed by atoms with van der Waals surface area (Å²) in [6.07, 6.45) is 18.2. The summed E-state index contributed by atoms with van der Waals surface area (Å²) in [5.41, 5.74) is 5.66. The standard InChI is InChI=1S/C16H18N2/c17-18-15-8-4-3-7-13(15)14-10-9-11-5-1-2-6-12(11)16(14)18/h1-2,4-6,8,11-12H,3,7,9-10,17H2. The molecule has 0 radical (unpaired) electrons. The predicted octanol–water partition coefficient (Wildman–Crippen LogP) is 2.93. The second-order valence-electron chi connectivity index (χ2n) is 5.54. The van der Waals surface area contributed by atoms with Crippen molar-refractivity contribution in [3.63, 3.8) is 0 Å². The Morgan fingerprint density at radius 1 is 1.11 bits per heavy atom. The first-order chi connectivity index (χ1) is 8.86. The zero-order valence-corrected chi connectivity index (χ0v) is 10.5. The van der Waals surface area contributed by atoms with Crippen LogP contribution in [0.15, 0.2) is 30.4 Å². The van der Waals surface area contributed by atoms with Gasteiger partial charge in [0.05, 0.1) is 11.4 Å². The van der Waals surface area contributed by atoms with E-state index in [9.17, 15) is 0 Å². The molecule has 1 heterocycles. The van der Waals surface area contributed by atoms with Crippen LogP contribution >= 0.6 is 0 Å². The van der Waals surface area contributed by atoms with Crippen LogP contribution in [0.4, 0.5) is 0 Å². The maximum absolute atomic E-state index is 6.36. The van der Waals surface area contributed by atoms with Crippen molar-refractivity contribution in [2.24, 2.45) is 5.92 Å². The first kappa shape index (κ1) is 10.2. The quantitative estimate of drug-likeness (QED) is 0.692. The Morgan fingerprint density at radius 2 is 2.00 bits per heavy atom. The van der Waals surface area contributed by atoms with Gasteiger partial charge in [-0.3, -0.25) is 4.68 Å². The summed E-state index contributed by atoms with van der Waals surface area (Å²) in [4.78, 5) is 0. The van der Waals surface area contributed by atoms with Crippen LogP contribution in [0.5, 0.6) is 0 Å². The van der Waals surface area contributed by atoms with Crippen molar-refractivity contribution < 1.29 is 0 Å². The van der Waals surface area contributed by atoms with Gasteiger partial charge in [0.1, 0.15) is 0 Å². The normalized spacial score (nSPS) is 27.8. The molecule has 2 heteroatoms. The van der Waals surface area contributed by atoms with Crippen LogP contribution in [0.25, 0.3) is 6.08 Å². The molecule has 0 amide bonds. The molecule has 2 atom stereocenters. The lowest BCUT2D eigenvalue weighted by Gasteiger charge is -2.30. The van der Waals surface area contributed by atoms with Gasteiger partial charge in [-0.2, -0.15) is 0 Å². The number of hydrogen-bond acceptors (Lipinski definition) is 1. The van der Waals surface area contributed by atoms with E-state index in [0.717, 1.165) is 12.8 Å². The topological polar surface area (TPSA) is 30.9 Å². The van der Waals surface area contributed by atoms with Gasteiger partial charge in [0, 0.05) is 5.92 Å². The third-order valence-electron chi connectivity index (χ3n) is 4.63. The van der Waals surface area contributed by atoms with E-state index < -0.39 is 0 Å². The van der Waals surface area contributed by atoms with E-state index >= 15 is 0 Å². The molecule has 1 aromatic heterocycles. The highest BCUT2D eigenvalue weighted by Gasteiger charge is 2.33. The van der Waals surface area contributed by atoms with Crippen molar-refractivity contribution in [1.29, 1.82) is 0 Å². The number of hydrogen-bond donors (Lipinski definition) is 1. The highest BCUT2D eigenvalue weighted by Crippen LogP contribution is 2.43. The minimum absolute atomic E-state index is 0.489. The monoisotopic (exact) mass is 238 g/mol. The fourth-order valence-corrected chi connectivity index (χ4v) is 3.79. The van der Waals surface area contributed by atoms with E-state index in [2.05, 4.69) is 36.5 Å². The third kappa shape index (κ3) is 1.23. The molecule has 2 unspecified atom stereocenters. The maximum Gasteiger partial charge on any atom is 0.0653 e. The largest absolute Gasteiger partial charge is 0.339 e. The lowest BCUT2D eigenvalue weighted by Crippen LogP contribution is -2.25. The average molecular weight is 238 g/mol. The van der Waals surface area contributed by atoms with E-state index in [1.54, 1.807) is 0 Å². The van der Waals surface area contributed by atoms with Crippen molar-refractivity contribution in [3.8, 4) is 0 Å². The van der Waals surface area contributed by atoms with Gasteiger partial charge in [0.25, 0.3) is 0 Å². The number of rotatable bonds is 0. The van der Waals surface area contributed by atoms with Crippen LogP contribution in [0, 0.1) is 5.92 Å². The molecule has 0 fully saturated rings. The van der Waals surface area contributed by atoms with Crippen LogP contribution in [0.3, 0.4) is 0 Å². The second-order valence-corrected chi connectivity index (χ2v) is 5.54. The van der Waals surface area contributed by atoms with E-state index in [1.165, 1.54) is 35.4 Å². The fourth-order valence-electron chi connectivity index (χ4n) is 3.79. The lowest BCUT2D eigenvalue weighted by molar-refractivity contribution is 0.482. The summed E-state index contributed by atoms with van der Waals surface area (Å²) in [6.45, 7) is 0. The summed E-state index contributed by atoms with van der Waals surface area (Å²) in [5.74, 6) is 7.49. The molecule has 0 saturated heterocycles. The summed E-state index contributed by atoms with van der Waals surface area (Å²) < 4.78 is 1.96.